The second kappa shape index (κ2) is 7.62. The van der Waals surface area contributed by atoms with E-state index in [9.17, 15) is 8.42 Å². The van der Waals surface area contributed by atoms with Gasteiger partial charge >= 0.3 is 0 Å². The lowest BCUT2D eigenvalue weighted by Gasteiger charge is -2.21. The van der Waals surface area contributed by atoms with Crippen molar-refractivity contribution in [1.29, 1.82) is 0 Å². The van der Waals surface area contributed by atoms with E-state index >= 15 is 0 Å². The Morgan fingerprint density at radius 3 is 2.44 bits per heavy atom. The van der Waals surface area contributed by atoms with Crippen LogP contribution in [0.25, 0.3) is 0 Å². The predicted octanol–water partition coefficient (Wildman–Crippen LogP) is 3.63. The third-order valence-corrected chi connectivity index (χ3v) is 5.81. The van der Waals surface area contributed by atoms with Crippen LogP contribution in [-0.2, 0) is 10.0 Å². The van der Waals surface area contributed by atoms with Gasteiger partial charge in [-0.25, -0.2) is 8.42 Å². The van der Waals surface area contributed by atoms with Crippen LogP contribution < -0.4 is 0 Å². The van der Waals surface area contributed by atoms with E-state index in [4.69, 9.17) is 0 Å². The van der Waals surface area contributed by atoms with Gasteiger partial charge in [-0.05, 0) is 34.5 Å². The zero-order valence-corrected chi connectivity index (χ0v) is 14.3. The van der Waals surface area contributed by atoms with Gasteiger partial charge < -0.3 is 0 Å². The van der Waals surface area contributed by atoms with E-state index in [0.29, 0.717) is 27.8 Å². The fourth-order valence-electron chi connectivity index (χ4n) is 1.57. The lowest BCUT2D eigenvalue weighted by Crippen LogP contribution is -2.33. The van der Waals surface area contributed by atoms with Crippen LogP contribution in [0.4, 0.5) is 0 Å². The number of nitrogens with zero attached hydrogens (tertiary/aromatic N) is 1. The topological polar surface area (TPSA) is 37.4 Å². The molecule has 6 heteroatoms. The van der Waals surface area contributed by atoms with Crippen LogP contribution in [0.5, 0.6) is 0 Å². The summed E-state index contributed by atoms with van der Waals surface area (Å²) in [7, 11) is -3.41. The molecule has 0 aliphatic heterocycles. The normalized spacial score (nSPS) is 12.0. The molecule has 0 saturated heterocycles. The molecule has 0 bridgehead atoms. The number of sulfonamides is 1. The Balaban J connectivity index is 3.05. The summed E-state index contributed by atoms with van der Waals surface area (Å²) in [5, 5.41) is 0.639. The van der Waals surface area contributed by atoms with Crippen LogP contribution in [0.3, 0.4) is 0 Å². The molecule has 0 unspecified atom stereocenters. The minimum Gasteiger partial charge on any atom is -0.207 e. The Bertz CT molecular complexity index is 477. The molecule has 0 spiro atoms. The maximum absolute atomic E-state index is 12.5. The highest BCUT2D eigenvalue weighted by atomic mass is 79.9. The molecule has 18 heavy (non-hydrogen) atoms. The minimum atomic E-state index is -3.41. The first-order valence-corrected chi connectivity index (χ1v) is 9.20. The van der Waals surface area contributed by atoms with Gasteiger partial charge in [0, 0.05) is 22.9 Å². The number of unbranched alkanes of at least 4 members (excludes halogenated alkanes) is 1. The number of benzene rings is 1. The maximum Gasteiger partial charge on any atom is 0.244 e. The summed E-state index contributed by atoms with van der Waals surface area (Å²) in [6.45, 7) is 3.10. The van der Waals surface area contributed by atoms with Gasteiger partial charge in [0.25, 0.3) is 0 Å². The minimum absolute atomic E-state index is 0.335. The molecule has 0 aliphatic carbocycles. The Kier molecular flexibility index (Phi) is 6.84. The third kappa shape index (κ3) is 4.05. The van der Waals surface area contributed by atoms with Crippen molar-refractivity contribution in [2.75, 3.05) is 18.4 Å². The highest BCUT2D eigenvalue weighted by Gasteiger charge is 2.25. The molecule has 0 fully saturated rings. The summed E-state index contributed by atoms with van der Waals surface area (Å²) in [5.74, 6) is 0. The first-order valence-electron chi connectivity index (χ1n) is 5.84. The van der Waals surface area contributed by atoms with Crippen molar-refractivity contribution in [3.8, 4) is 0 Å². The number of rotatable bonds is 7. The van der Waals surface area contributed by atoms with Gasteiger partial charge in [-0.1, -0.05) is 41.4 Å². The second-order valence-electron chi connectivity index (χ2n) is 3.88. The smallest absolute Gasteiger partial charge is 0.207 e. The van der Waals surface area contributed by atoms with E-state index in [1.54, 1.807) is 18.2 Å². The van der Waals surface area contributed by atoms with Crippen molar-refractivity contribution < 1.29 is 8.42 Å². The molecule has 1 aromatic carbocycles. The van der Waals surface area contributed by atoms with Crippen molar-refractivity contribution in [2.45, 2.75) is 24.7 Å². The number of hydrogen-bond acceptors (Lipinski definition) is 2. The van der Waals surface area contributed by atoms with E-state index < -0.39 is 10.0 Å². The van der Waals surface area contributed by atoms with Crippen molar-refractivity contribution >= 4 is 41.9 Å². The van der Waals surface area contributed by atoms with Crippen LogP contribution in [-0.4, -0.2) is 31.1 Å². The van der Waals surface area contributed by atoms with Gasteiger partial charge in [0.1, 0.15) is 0 Å². The Morgan fingerprint density at radius 1 is 1.22 bits per heavy atom. The monoisotopic (exact) mass is 397 g/mol. The third-order valence-electron chi connectivity index (χ3n) is 2.55. The molecule has 3 nitrogen and oxygen atoms in total. The summed E-state index contributed by atoms with van der Waals surface area (Å²) in [5.41, 5.74) is 0. The summed E-state index contributed by atoms with van der Waals surface area (Å²) >= 11 is 6.61. The quantitative estimate of drug-likeness (QED) is 0.657. The van der Waals surface area contributed by atoms with Gasteiger partial charge in [0.05, 0.1) is 4.90 Å². The summed E-state index contributed by atoms with van der Waals surface area (Å²) in [4.78, 5) is 0.335. The average molecular weight is 399 g/mol. The van der Waals surface area contributed by atoms with Gasteiger partial charge in [-0.2, -0.15) is 4.31 Å². The standard InChI is InChI=1S/C12H17Br2NO2S/c1-2-3-9-15(10-8-13)18(16,17)12-7-5-4-6-11(12)14/h4-7H,2-3,8-10H2,1H3. The van der Waals surface area contributed by atoms with E-state index in [-0.39, 0.29) is 0 Å². The Morgan fingerprint density at radius 2 is 1.89 bits per heavy atom. The fourth-order valence-corrected chi connectivity index (χ4v) is 4.68. The van der Waals surface area contributed by atoms with Crippen molar-refractivity contribution in [3.63, 3.8) is 0 Å². The molecule has 0 aliphatic rings. The molecule has 1 aromatic rings. The van der Waals surface area contributed by atoms with Crippen LogP contribution in [0.15, 0.2) is 33.6 Å². The van der Waals surface area contributed by atoms with Crippen molar-refractivity contribution in [2.24, 2.45) is 0 Å². The maximum atomic E-state index is 12.5. The fraction of sp³-hybridized carbons (Fsp3) is 0.500. The Hall–Kier alpha value is 0.0900. The molecule has 102 valence electrons. The van der Waals surface area contributed by atoms with Crippen LogP contribution in [0.2, 0.25) is 0 Å². The number of hydrogen-bond donors (Lipinski definition) is 0. The van der Waals surface area contributed by atoms with Crippen LogP contribution >= 0.6 is 31.9 Å². The van der Waals surface area contributed by atoms with Gasteiger partial charge in [-0.3, -0.25) is 0 Å². The highest BCUT2D eigenvalue weighted by molar-refractivity contribution is 9.10. The van der Waals surface area contributed by atoms with E-state index in [2.05, 4.69) is 38.8 Å². The molecule has 0 saturated carbocycles. The summed E-state index contributed by atoms with van der Waals surface area (Å²) in [6.07, 6.45) is 1.85. The lowest BCUT2D eigenvalue weighted by molar-refractivity contribution is 0.421. The molecule has 0 heterocycles. The summed E-state index contributed by atoms with van der Waals surface area (Å²) in [6, 6.07) is 6.93. The molecule has 0 amide bonds. The van der Waals surface area contributed by atoms with Crippen LogP contribution in [0.1, 0.15) is 19.8 Å². The first kappa shape index (κ1) is 16.1. The zero-order chi connectivity index (χ0) is 13.6. The van der Waals surface area contributed by atoms with Crippen molar-refractivity contribution in [1.82, 2.24) is 4.31 Å². The molecule has 1 rings (SSSR count). The number of halogens is 2. The second-order valence-corrected chi connectivity index (χ2v) is 7.43. The van der Waals surface area contributed by atoms with E-state index in [1.165, 1.54) is 4.31 Å². The molecule has 0 aromatic heterocycles. The summed E-state index contributed by atoms with van der Waals surface area (Å²) < 4.78 is 27.2. The predicted molar refractivity (Wildman–Crippen MR) is 81.6 cm³/mol. The van der Waals surface area contributed by atoms with Gasteiger partial charge in [-0.15, -0.1) is 0 Å². The number of alkyl halides is 1. The van der Waals surface area contributed by atoms with E-state index in [0.717, 1.165) is 12.8 Å². The zero-order valence-electron chi connectivity index (χ0n) is 10.3. The highest BCUT2D eigenvalue weighted by Crippen LogP contribution is 2.24. The lowest BCUT2D eigenvalue weighted by atomic mass is 10.3. The average Bonchev–Trinajstić information content (AvgIpc) is 2.34. The first-order chi connectivity index (χ1) is 8.54. The largest absolute Gasteiger partial charge is 0.244 e. The van der Waals surface area contributed by atoms with Crippen molar-refractivity contribution in [3.05, 3.63) is 28.7 Å². The van der Waals surface area contributed by atoms with Crippen LogP contribution in [0, 0.1) is 0 Å². The molecular formula is C12H17Br2NO2S. The SMILES string of the molecule is CCCCN(CCBr)S(=O)(=O)c1ccccc1Br. The Labute approximate surface area is 126 Å². The molecule has 0 atom stereocenters. The van der Waals surface area contributed by atoms with Gasteiger partial charge in [0.15, 0.2) is 0 Å². The molecule has 0 N–H and O–H groups in total. The molecular weight excluding hydrogens is 382 g/mol. The van der Waals surface area contributed by atoms with Gasteiger partial charge in [0.2, 0.25) is 10.0 Å². The molecule has 0 radical (unpaired) electrons. The van der Waals surface area contributed by atoms with E-state index in [1.807, 2.05) is 6.07 Å².